The lowest BCUT2D eigenvalue weighted by molar-refractivity contribution is 0.296. The Morgan fingerprint density at radius 1 is 0.148 bits per heavy atom. The molecule has 0 radical (unpaired) electrons. The monoisotopic (exact) mass is 1600 g/mol. The Bertz CT molecular complexity index is 2540. The molecule has 0 aliphatic carbocycles. The van der Waals surface area contributed by atoms with Crippen LogP contribution in [0.1, 0.15) is 490 Å². The Hall–Kier alpha value is -0.280. The van der Waals surface area contributed by atoms with Gasteiger partial charge in [0.05, 0.1) is 0 Å². The Balaban J connectivity index is 1.66. The van der Waals surface area contributed by atoms with Crippen molar-refractivity contribution in [3.63, 3.8) is 0 Å². The zero-order valence-electron chi connectivity index (χ0n) is 72.5. The molecule has 0 unspecified atom stereocenters. The van der Waals surface area contributed by atoms with Gasteiger partial charge in [0, 0.05) is 41.7 Å². The van der Waals surface area contributed by atoms with E-state index in [1.807, 2.05) is 11.8 Å². The van der Waals surface area contributed by atoms with Gasteiger partial charge in [-0.2, -0.15) is 0 Å². The van der Waals surface area contributed by atoms with E-state index in [1.54, 1.807) is 14.7 Å². The first-order valence-electron chi connectivity index (χ1n) is 48.5. The van der Waals surface area contributed by atoms with Gasteiger partial charge in [-0.25, -0.2) is 0 Å². The van der Waals surface area contributed by atoms with Gasteiger partial charge in [0.2, 0.25) is 0 Å². The van der Waals surface area contributed by atoms with Gasteiger partial charge in [-0.15, -0.1) is 70.6 Å². The van der Waals surface area contributed by atoms with Crippen molar-refractivity contribution < 1.29 is 5.11 Å². The summed E-state index contributed by atoms with van der Waals surface area (Å²) in [7, 11) is 0. The Morgan fingerprint density at radius 3 is 0.361 bits per heavy atom. The van der Waals surface area contributed by atoms with Crippen molar-refractivity contribution in [1.29, 1.82) is 0 Å². The number of aliphatic hydroxyl groups is 1. The van der Waals surface area contributed by atoms with Crippen molar-refractivity contribution >= 4 is 103 Å². The van der Waals surface area contributed by atoms with E-state index >= 15 is 0 Å². The largest absolute Gasteiger partial charge is 0.396 e. The number of hydrogen-bond acceptors (Lipinski definition) is 7. The third-order valence-corrected chi connectivity index (χ3v) is 30.7. The van der Waals surface area contributed by atoms with Crippen LogP contribution in [0.15, 0.2) is 65.8 Å². The van der Waals surface area contributed by atoms with E-state index < -0.39 is 0 Å². The van der Waals surface area contributed by atoms with Crippen LogP contribution in [0.25, 0.3) is 32.3 Å². The van der Waals surface area contributed by atoms with E-state index in [0.717, 1.165) is 12.2 Å². The zero-order chi connectivity index (χ0) is 76.6. The lowest BCUT2D eigenvalue weighted by atomic mass is 9.94. The highest BCUT2D eigenvalue weighted by molar-refractivity contribution is 8.03. The summed E-state index contributed by atoms with van der Waals surface area (Å²) in [6.45, 7) is 11.9. The maximum atomic E-state index is 10.2. The molecule has 108 heavy (non-hydrogen) atoms. The van der Waals surface area contributed by atoms with Gasteiger partial charge in [0.25, 0.3) is 0 Å². The fourth-order valence-electron chi connectivity index (χ4n) is 16.3. The summed E-state index contributed by atoms with van der Waals surface area (Å²) in [6.07, 6.45) is 99.7. The maximum absolute atomic E-state index is 10.2. The number of aliphatic hydroxyl groups excluding tert-OH is 1. The number of benzene rings is 4. The lowest BCUT2D eigenvalue weighted by Gasteiger charge is -2.20. The van der Waals surface area contributed by atoms with Crippen molar-refractivity contribution in [2.75, 3.05) is 41.1 Å². The molecule has 0 heterocycles. The van der Waals surface area contributed by atoms with Gasteiger partial charge in [0.15, 0.2) is 0 Å². The minimum absolute atomic E-state index is 0.259. The molecule has 0 atom stereocenters. The second-order valence-electron chi connectivity index (χ2n) is 33.7. The van der Waals surface area contributed by atoms with Crippen LogP contribution in [0.2, 0.25) is 0 Å². The molecule has 0 amide bonds. The van der Waals surface area contributed by atoms with E-state index in [0.29, 0.717) is 0 Å². The standard InChI is InChI=1S/C101H178OS6/c1-6-11-16-21-26-31-36-41-46-51-56-61-66-71-78-103-96-84-90-91-85-97(104-79-72-67-62-57-52-47-42-37-32-27-22-17-12-7-2)99(106-81-74-69-64-59-54-49-44-39-34-29-24-19-14-9-4)87-93(91)95-89-101(108-83-76-77-102)100(107-82-75-70-65-60-55-50-45-40-35-30-25-20-15-10-5)88-94(95)92(90)86-98(96)105-80-73-68-63-58-53-48-43-38-33-28-23-18-13-8-3/h84-89,102H,6-83H2,1-5H3. The van der Waals surface area contributed by atoms with Crippen molar-refractivity contribution in [2.45, 2.75) is 520 Å². The van der Waals surface area contributed by atoms with E-state index in [9.17, 15) is 5.11 Å². The quantitative estimate of drug-likeness (QED) is 0.0267. The molecule has 0 fully saturated rings. The topological polar surface area (TPSA) is 20.2 Å². The molecule has 4 aromatic rings. The molecule has 0 aliphatic rings. The average Bonchev–Trinajstić information content (AvgIpc) is 0.727. The van der Waals surface area contributed by atoms with Gasteiger partial charge < -0.3 is 5.11 Å². The fraction of sp³-hybridized carbons (Fsp3) is 0.822. The van der Waals surface area contributed by atoms with Crippen molar-refractivity contribution in [2.24, 2.45) is 0 Å². The Kier molecular flexibility index (Phi) is 69.9. The SMILES string of the molecule is CCCCCCCCCCCCCCCCSc1cc2c(cc1SCCCO)c1cc(SCCCCCCCCCCCCCCCC)c(SCCCCCCCCCCCCCCCC)cc1c1cc(SCCCCCCCCCCCCCCCC)c(SCCCCCCCCCCCCCCCC)cc21. The van der Waals surface area contributed by atoms with Gasteiger partial charge in [-0.1, -0.05) is 452 Å². The lowest BCUT2D eigenvalue weighted by Crippen LogP contribution is -1.94. The molecule has 0 bridgehead atoms. The summed E-state index contributed by atoms with van der Waals surface area (Å²) in [5.41, 5.74) is 0. The molecule has 0 aliphatic heterocycles. The van der Waals surface area contributed by atoms with Crippen LogP contribution in [-0.4, -0.2) is 46.2 Å². The highest BCUT2D eigenvalue weighted by Gasteiger charge is 2.20. The van der Waals surface area contributed by atoms with Gasteiger partial charge in [-0.05, 0) is 136 Å². The molecular formula is C101H178OS6. The summed E-state index contributed by atoms with van der Waals surface area (Å²) in [5.74, 6) is 7.00. The third kappa shape index (κ3) is 51.7. The summed E-state index contributed by atoms with van der Waals surface area (Å²) in [4.78, 5) is 9.07. The minimum atomic E-state index is 0.259. The highest BCUT2D eigenvalue weighted by atomic mass is 32.2. The van der Waals surface area contributed by atoms with E-state index in [1.165, 1.54) is 525 Å². The van der Waals surface area contributed by atoms with Crippen molar-refractivity contribution in [3.05, 3.63) is 36.4 Å². The predicted octanol–water partition coefficient (Wildman–Crippen LogP) is 38.5. The molecule has 4 aromatic carbocycles. The van der Waals surface area contributed by atoms with Crippen molar-refractivity contribution in [3.8, 4) is 0 Å². The number of unbranched alkanes of at least 4 members (excludes halogenated alkanes) is 65. The summed E-state index contributed by atoms with van der Waals surface area (Å²) >= 11 is 12.9. The molecule has 7 heteroatoms. The Morgan fingerprint density at radius 2 is 0.250 bits per heavy atom. The molecule has 0 saturated heterocycles. The number of rotatable bonds is 84. The second-order valence-corrected chi connectivity index (χ2v) is 40.5. The molecular weight excluding hydrogens is 1420 g/mol. The minimum Gasteiger partial charge on any atom is -0.396 e. The molecule has 1 N–H and O–H groups in total. The second kappa shape index (κ2) is 75.5. The van der Waals surface area contributed by atoms with Gasteiger partial charge >= 0.3 is 0 Å². The molecule has 0 saturated carbocycles. The van der Waals surface area contributed by atoms with Gasteiger partial charge in [0.1, 0.15) is 0 Å². The highest BCUT2D eigenvalue weighted by Crippen LogP contribution is 2.48. The Labute approximate surface area is 699 Å². The van der Waals surface area contributed by atoms with Crippen LogP contribution >= 0.6 is 70.6 Å². The summed E-state index contributed by atoms with van der Waals surface area (Å²) < 4.78 is 0. The summed E-state index contributed by atoms with van der Waals surface area (Å²) in [6, 6.07) is 16.3. The summed E-state index contributed by atoms with van der Waals surface area (Å²) in [5, 5.41) is 19.1. The molecule has 4 rings (SSSR count). The molecule has 0 spiro atoms. The van der Waals surface area contributed by atoms with E-state index in [-0.39, 0.29) is 6.61 Å². The third-order valence-electron chi connectivity index (χ3n) is 23.5. The number of thioether (sulfide) groups is 6. The fourth-order valence-corrected chi connectivity index (χ4v) is 23.1. The van der Waals surface area contributed by atoms with Gasteiger partial charge in [-0.3, -0.25) is 0 Å². The molecule has 0 aromatic heterocycles. The van der Waals surface area contributed by atoms with Crippen LogP contribution in [0.5, 0.6) is 0 Å². The average molecular weight is 1600 g/mol. The maximum Gasteiger partial charge on any atom is 0.0439 e. The smallest absolute Gasteiger partial charge is 0.0439 e. The zero-order valence-corrected chi connectivity index (χ0v) is 77.4. The van der Waals surface area contributed by atoms with Crippen LogP contribution in [0.3, 0.4) is 0 Å². The van der Waals surface area contributed by atoms with Crippen LogP contribution in [0, 0.1) is 0 Å². The van der Waals surface area contributed by atoms with E-state index in [4.69, 9.17) is 0 Å². The first-order chi connectivity index (χ1) is 53.6. The molecule has 1 nitrogen and oxygen atoms in total. The number of hydrogen-bond donors (Lipinski definition) is 1. The first-order valence-corrected chi connectivity index (χ1v) is 54.4. The van der Waals surface area contributed by atoms with Crippen LogP contribution < -0.4 is 0 Å². The van der Waals surface area contributed by atoms with Crippen LogP contribution in [0.4, 0.5) is 0 Å². The number of fused-ring (bicyclic) bond motifs is 6. The normalized spacial score (nSPS) is 11.9. The first kappa shape index (κ1) is 100. The van der Waals surface area contributed by atoms with Crippen molar-refractivity contribution in [1.82, 2.24) is 0 Å². The van der Waals surface area contributed by atoms with Crippen LogP contribution in [-0.2, 0) is 0 Å². The predicted molar refractivity (Wildman–Crippen MR) is 507 cm³/mol. The van der Waals surface area contributed by atoms with E-state index in [2.05, 4.69) is 130 Å². The molecule has 624 valence electrons.